The average Bonchev–Trinajstić information content (AvgIpc) is 2.51. The van der Waals surface area contributed by atoms with Crippen molar-refractivity contribution in [2.24, 2.45) is 5.73 Å². The summed E-state index contributed by atoms with van der Waals surface area (Å²) in [6, 6.07) is -1.92. The van der Waals surface area contributed by atoms with E-state index in [1.807, 2.05) is 13.2 Å². The molecule has 2 amide bonds. The third kappa shape index (κ3) is 10.5. The Hall–Kier alpha value is -1.28. The molecule has 0 spiro atoms. The zero-order valence-electron chi connectivity index (χ0n) is 14.8. The topological polar surface area (TPSA) is 122 Å². The molecule has 140 valence electrons. The molecule has 0 radical (unpaired) electrons. The van der Waals surface area contributed by atoms with Crippen molar-refractivity contribution in [2.75, 3.05) is 12.0 Å². The maximum Gasteiger partial charge on any atom is 0.305 e. The first-order valence-electron chi connectivity index (χ1n) is 8.38. The van der Waals surface area contributed by atoms with Gasteiger partial charge in [0.15, 0.2) is 0 Å². The molecule has 0 saturated carbocycles. The molecule has 0 heterocycles. The van der Waals surface area contributed by atoms with Crippen molar-refractivity contribution < 1.29 is 19.5 Å². The van der Waals surface area contributed by atoms with Gasteiger partial charge in [-0.1, -0.05) is 26.2 Å². The molecule has 0 aromatic rings. The van der Waals surface area contributed by atoms with E-state index in [-0.39, 0.29) is 6.04 Å². The minimum atomic E-state index is -1.15. The summed E-state index contributed by atoms with van der Waals surface area (Å²) in [4.78, 5) is 35.3. The number of aliphatic carboxylic acids is 1. The number of carbonyl (C=O) groups is 3. The Morgan fingerprint density at radius 3 is 2.33 bits per heavy atom. The minimum Gasteiger partial charge on any atom is -0.481 e. The van der Waals surface area contributed by atoms with Crippen molar-refractivity contribution in [3.63, 3.8) is 0 Å². The summed E-state index contributed by atoms with van der Waals surface area (Å²) in [5.74, 6) is -1.40. The Labute approximate surface area is 148 Å². The lowest BCUT2D eigenvalue weighted by molar-refractivity contribution is -0.140. The number of rotatable bonds is 13. The first kappa shape index (κ1) is 22.7. The zero-order valence-corrected chi connectivity index (χ0v) is 15.7. The van der Waals surface area contributed by atoms with Crippen molar-refractivity contribution in [3.05, 3.63) is 0 Å². The Morgan fingerprint density at radius 2 is 1.79 bits per heavy atom. The first-order valence-corrected chi connectivity index (χ1v) is 9.78. The van der Waals surface area contributed by atoms with Crippen LogP contribution in [0.15, 0.2) is 0 Å². The van der Waals surface area contributed by atoms with Crippen LogP contribution in [0, 0.1) is 0 Å². The third-order valence-corrected chi connectivity index (χ3v) is 4.25. The maximum atomic E-state index is 12.3. The fourth-order valence-electron chi connectivity index (χ4n) is 2.15. The van der Waals surface area contributed by atoms with Gasteiger partial charge in [-0.15, -0.1) is 0 Å². The molecule has 0 saturated heterocycles. The van der Waals surface area contributed by atoms with Gasteiger partial charge >= 0.3 is 5.97 Å². The van der Waals surface area contributed by atoms with Crippen molar-refractivity contribution in [1.82, 2.24) is 10.6 Å². The second-order valence-corrected chi connectivity index (χ2v) is 6.94. The standard InChI is InChI=1S/C16H31N3O4S/c1-4-5-6-7-11(2)18-16(23)13(10-14(20)21)19-15(22)12(17)8-9-24-3/h11-13H,4-10,17H2,1-3H3,(H,18,23)(H,19,22)(H,20,21)/t11?,12-,13-/m0/s1. The van der Waals surface area contributed by atoms with Crippen LogP contribution in [0.2, 0.25) is 0 Å². The van der Waals surface area contributed by atoms with E-state index in [2.05, 4.69) is 17.6 Å². The molecule has 8 heteroatoms. The number of nitrogens with two attached hydrogens (primary N) is 1. The van der Waals surface area contributed by atoms with Gasteiger partial charge in [-0.2, -0.15) is 11.8 Å². The second-order valence-electron chi connectivity index (χ2n) is 5.95. The molecular formula is C16H31N3O4S. The SMILES string of the molecule is CCCCCC(C)NC(=O)[C@H](CC(=O)O)NC(=O)[C@@H](N)CCSC. The number of thioether (sulfide) groups is 1. The number of carboxylic acid groups (broad SMARTS) is 1. The molecule has 0 bridgehead atoms. The molecule has 24 heavy (non-hydrogen) atoms. The minimum absolute atomic E-state index is 0.0672. The highest BCUT2D eigenvalue weighted by Gasteiger charge is 2.26. The first-order chi connectivity index (χ1) is 11.3. The maximum absolute atomic E-state index is 12.3. The summed E-state index contributed by atoms with van der Waals surface area (Å²) in [6.07, 6.45) is 5.90. The van der Waals surface area contributed by atoms with Crippen LogP contribution in [0.5, 0.6) is 0 Å². The van der Waals surface area contributed by atoms with Gasteiger partial charge in [0, 0.05) is 6.04 Å². The molecule has 0 aliphatic rings. The number of hydrogen-bond acceptors (Lipinski definition) is 5. The molecule has 5 N–H and O–H groups in total. The molecule has 0 fully saturated rings. The van der Waals surface area contributed by atoms with E-state index >= 15 is 0 Å². The Kier molecular flexibility index (Phi) is 12.4. The molecule has 7 nitrogen and oxygen atoms in total. The lowest BCUT2D eigenvalue weighted by atomic mass is 10.1. The molecule has 0 rings (SSSR count). The van der Waals surface area contributed by atoms with Crippen molar-refractivity contribution >= 4 is 29.5 Å². The molecular weight excluding hydrogens is 330 g/mol. The van der Waals surface area contributed by atoms with Gasteiger partial charge in [-0.3, -0.25) is 14.4 Å². The smallest absolute Gasteiger partial charge is 0.305 e. The van der Waals surface area contributed by atoms with Crippen LogP contribution < -0.4 is 16.4 Å². The second kappa shape index (κ2) is 13.1. The summed E-state index contributed by atoms with van der Waals surface area (Å²) < 4.78 is 0. The van der Waals surface area contributed by atoms with Crippen LogP contribution in [0.4, 0.5) is 0 Å². The normalized spacial score (nSPS) is 14.5. The summed E-state index contributed by atoms with van der Waals surface area (Å²) in [5, 5.41) is 14.2. The summed E-state index contributed by atoms with van der Waals surface area (Å²) in [6.45, 7) is 3.97. The Bertz CT molecular complexity index is 407. The van der Waals surface area contributed by atoms with Crippen LogP contribution >= 0.6 is 11.8 Å². The number of hydrogen-bond donors (Lipinski definition) is 4. The van der Waals surface area contributed by atoms with E-state index in [1.54, 1.807) is 11.8 Å². The summed E-state index contributed by atoms with van der Waals surface area (Å²) >= 11 is 1.57. The van der Waals surface area contributed by atoms with Gasteiger partial charge in [0.25, 0.3) is 0 Å². The lowest BCUT2D eigenvalue weighted by Crippen LogP contribution is -2.53. The molecule has 0 aliphatic heterocycles. The average molecular weight is 362 g/mol. The molecule has 1 unspecified atom stereocenters. The van der Waals surface area contributed by atoms with Gasteiger partial charge in [-0.05, 0) is 31.8 Å². The highest BCUT2D eigenvalue weighted by Crippen LogP contribution is 2.05. The van der Waals surface area contributed by atoms with E-state index in [1.165, 1.54) is 0 Å². The number of nitrogens with one attached hydrogen (secondary N) is 2. The quantitative estimate of drug-likeness (QED) is 0.365. The highest BCUT2D eigenvalue weighted by molar-refractivity contribution is 7.98. The van der Waals surface area contributed by atoms with Crippen molar-refractivity contribution in [1.29, 1.82) is 0 Å². The summed E-state index contributed by atoms with van der Waals surface area (Å²) in [7, 11) is 0. The van der Waals surface area contributed by atoms with Crippen LogP contribution in [-0.2, 0) is 14.4 Å². The largest absolute Gasteiger partial charge is 0.481 e. The third-order valence-electron chi connectivity index (χ3n) is 3.61. The lowest BCUT2D eigenvalue weighted by Gasteiger charge is -2.22. The van der Waals surface area contributed by atoms with E-state index in [0.717, 1.165) is 31.4 Å². The number of amides is 2. The summed E-state index contributed by atoms with van der Waals surface area (Å²) in [5.41, 5.74) is 5.76. The van der Waals surface area contributed by atoms with Gasteiger partial charge in [-0.25, -0.2) is 0 Å². The van der Waals surface area contributed by atoms with E-state index in [4.69, 9.17) is 10.8 Å². The van der Waals surface area contributed by atoms with E-state index in [0.29, 0.717) is 6.42 Å². The highest BCUT2D eigenvalue weighted by atomic mass is 32.2. The molecule has 0 aromatic heterocycles. The predicted octanol–water partition coefficient (Wildman–Crippen LogP) is 1.11. The molecule has 0 aliphatic carbocycles. The number of carbonyl (C=O) groups excluding carboxylic acids is 2. The number of unbranched alkanes of at least 4 members (excludes halogenated alkanes) is 2. The number of carboxylic acids is 1. The fourth-order valence-corrected chi connectivity index (χ4v) is 2.64. The van der Waals surface area contributed by atoms with Gasteiger partial charge in [0.2, 0.25) is 11.8 Å². The van der Waals surface area contributed by atoms with Crippen molar-refractivity contribution in [3.8, 4) is 0 Å². The Balaban J connectivity index is 4.60. The monoisotopic (exact) mass is 361 g/mol. The molecule has 0 aromatic carbocycles. The van der Waals surface area contributed by atoms with Gasteiger partial charge < -0.3 is 21.5 Å². The van der Waals surface area contributed by atoms with Crippen molar-refractivity contribution in [2.45, 2.75) is 70.5 Å². The Morgan fingerprint density at radius 1 is 1.12 bits per heavy atom. The van der Waals surface area contributed by atoms with Crippen LogP contribution in [0.25, 0.3) is 0 Å². The molecule has 3 atom stereocenters. The van der Waals surface area contributed by atoms with Crippen LogP contribution in [0.1, 0.15) is 52.4 Å². The van der Waals surface area contributed by atoms with Crippen LogP contribution in [0.3, 0.4) is 0 Å². The van der Waals surface area contributed by atoms with Gasteiger partial charge in [0.1, 0.15) is 6.04 Å². The van der Waals surface area contributed by atoms with Gasteiger partial charge in [0.05, 0.1) is 12.5 Å². The van der Waals surface area contributed by atoms with E-state index < -0.39 is 36.3 Å². The van der Waals surface area contributed by atoms with Crippen LogP contribution in [-0.4, -0.2) is 53.0 Å². The van der Waals surface area contributed by atoms with E-state index in [9.17, 15) is 14.4 Å². The fraction of sp³-hybridized carbons (Fsp3) is 0.812. The zero-order chi connectivity index (χ0) is 18.5. The predicted molar refractivity (Wildman–Crippen MR) is 96.9 cm³/mol.